The maximum atomic E-state index is 6.08. The van der Waals surface area contributed by atoms with E-state index in [1.54, 1.807) is 6.20 Å². The average Bonchev–Trinajstić information content (AvgIpc) is 2.88. The van der Waals surface area contributed by atoms with Gasteiger partial charge in [-0.3, -0.25) is 0 Å². The first-order valence-corrected chi connectivity index (χ1v) is 5.32. The predicted octanol–water partition coefficient (Wildman–Crippen LogP) is 0.216. The molecule has 74 valence electrons. The summed E-state index contributed by atoms with van der Waals surface area (Å²) in [7, 11) is 0. The molecular formula is C11H12ClN2Na. The Bertz CT molecular complexity index is 482. The molecule has 0 unspecified atom stereocenters. The second-order valence-corrected chi connectivity index (χ2v) is 4.31. The van der Waals surface area contributed by atoms with E-state index in [9.17, 15) is 0 Å². The number of aromatic nitrogens is 2. The molecule has 2 heterocycles. The van der Waals surface area contributed by atoms with Crippen molar-refractivity contribution < 1.29 is 31.0 Å². The molecule has 0 aromatic carbocycles. The van der Waals surface area contributed by atoms with Crippen LogP contribution in [-0.2, 0) is 6.54 Å². The number of hydrogen-bond acceptors (Lipinski definition) is 1. The van der Waals surface area contributed by atoms with Crippen molar-refractivity contribution in [3.05, 3.63) is 29.7 Å². The first kappa shape index (κ1) is 11.5. The maximum absolute atomic E-state index is 6.08. The second-order valence-electron chi connectivity index (χ2n) is 3.95. The van der Waals surface area contributed by atoms with Gasteiger partial charge in [0.1, 0.15) is 0 Å². The molecule has 0 spiro atoms. The molecule has 2 nitrogen and oxygen atoms in total. The van der Waals surface area contributed by atoms with Crippen LogP contribution in [0.4, 0.5) is 0 Å². The van der Waals surface area contributed by atoms with E-state index in [-0.39, 0.29) is 31.0 Å². The second kappa shape index (κ2) is 4.46. The molecule has 0 atom stereocenters. The Morgan fingerprint density at radius 2 is 2.27 bits per heavy atom. The van der Waals surface area contributed by atoms with Crippen LogP contribution in [0, 0.1) is 5.92 Å². The molecule has 2 aromatic rings. The zero-order chi connectivity index (χ0) is 9.54. The maximum Gasteiger partial charge on any atom is 1.00 e. The third kappa shape index (κ3) is 2.23. The van der Waals surface area contributed by atoms with Crippen molar-refractivity contribution in [2.45, 2.75) is 19.4 Å². The molecule has 3 rings (SSSR count). The Morgan fingerprint density at radius 1 is 1.47 bits per heavy atom. The van der Waals surface area contributed by atoms with Gasteiger partial charge in [0.05, 0.1) is 5.52 Å². The van der Waals surface area contributed by atoms with E-state index in [0.29, 0.717) is 5.15 Å². The molecule has 1 aliphatic rings. The van der Waals surface area contributed by atoms with E-state index < -0.39 is 0 Å². The summed E-state index contributed by atoms with van der Waals surface area (Å²) < 4.78 is 2.22. The van der Waals surface area contributed by atoms with Crippen molar-refractivity contribution in [3.63, 3.8) is 0 Å². The minimum absolute atomic E-state index is 0. The number of hydrogen-bond donors (Lipinski definition) is 0. The van der Waals surface area contributed by atoms with Crippen molar-refractivity contribution >= 4 is 22.5 Å². The topological polar surface area (TPSA) is 17.8 Å². The molecule has 15 heavy (non-hydrogen) atoms. The van der Waals surface area contributed by atoms with Gasteiger partial charge in [-0.2, -0.15) is 0 Å². The molecule has 0 bridgehead atoms. The Morgan fingerprint density at radius 3 is 3.00 bits per heavy atom. The van der Waals surface area contributed by atoms with Crippen molar-refractivity contribution in [1.29, 1.82) is 0 Å². The number of fused-ring (bicyclic) bond motifs is 1. The average molecular weight is 231 g/mol. The van der Waals surface area contributed by atoms with Crippen molar-refractivity contribution in [2.75, 3.05) is 0 Å². The molecule has 1 aliphatic carbocycles. The zero-order valence-corrected chi connectivity index (χ0v) is 11.5. The summed E-state index contributed by atoms with van der Waals surface area (Å²) in [6.45, 7) is 1.09. The van der Waals surface area contributed by atoms with Crippen LogP contribution in [0.3, 0.4) is 0 Å². The predicted molar refractivity (Wildman–Crippen MR) is 58.6 cm³/mol. The number of nitrogens with zero attached hydrogens (tertiary/aromatic N) is 2. The fourth-order valence-corrected chi connectivity index (χ4v) is 2.11. The number of halogens is 1. The van der Waals surface area contributed by atoms with Crippen molar-refractivity contribution in [2.24, 2.45) is 5.92 Å². The Balaban J connectivity index is 0.000000640. The smallest absolute Gasteiger partial charge is 1.00 e. The molecule has 2 aromatic heterocycles. The third-order valence-corrected chi connectivity index (χ3v) is 3.06. The normalized spacial score (nSPS) is 15.3. The van der Waals surface area contributed by atoms with E-state index in [1.165, 1.54) is 18.2 Å². The van der Waals surface area contributed by atoms with Gasteiger partial charge >= 0.3 is 29.6 Å². The Labute approximate surface area is 117 Å². The molecule has 0 amide bonds. The van der Waals surface area contributed by atoms with Crippen LogP contribution in [0.25, 0.3) is 10.9 Å². The monoisotopic (exact) mass is 230 g/mol. The Kier molecular flexibility index (Phi) is 3.41. The van der Waals surface area contributed by atoms with E-state index in [4.69, 9.17) is 11.6 Å². The summed E-state index contributed by atoms with van der Waals surface area (Å²) in [6.07, 6.45) is 6.58. The Hall–Kier alpha value is -0.0200. The molecule has 0 saturated heterocycles. The summed E-state index contributed by atoms with van der Waals surface area (Å²) >= 11 is 6.08. The van der Waals surface area contributed by atoms with Gasteiger partial charge in [0, 0.05) is 24.3 Å². The molecule has 1 fully saturated rings. The quantitative estimate of drug-likeness (QED) is 0.533. The van der Waals surface area contributed by atoms with Gasteiger partial charge in [-0.1, -0.05) is 11.6 Å². The van der Waals surface area contributed by atoms with Crippen LogP contribution in [0.15, 0.2) is 24.5 Å². The van der Waals surface area contributed by atoms with E-state index >= 15 is 0 Å². The van der Waals surface area contributed by atoms with Gasteiger partial charge in [-0.15, -0.1) is 0 Å². The van der Waals surface area contributed by atoms with Crippen LogP contribution in [0.5, 0.6) is 0 Å². The minimum Gasteiger partial charge on any atom is -1.00 e. The third-order valence-electron chi connectivity index (χ3n) is 2.78. The van der Waals surface area contributed by atoms with Crippen LogP contribution in [0.1, 0.15) is 14.3 Å². The zero-order valence-electron chi connectivity index (χ0n) is 9.78. The van der Waals surface area contributed by atoms with Crippen LogP contribution in [0.2, 0.25) is 5.15 Å². The molecule has 0 radical (unpaired) electrons. The fourth-order valence-electron chi connectivity index (χ4n) is 1.84. The molecule has 4 heteroatoms. The number of rotatable bonds is 2. The largest absolute Gasteiger partial charge is 1.00 e. The van der Waals surface area contributed by atoms with Crippen molar-refractivity contribution in [1.82, 2.24) is 9.55 Å². The molecule has 1 saturated carbocycles. The SMILES string of the molecule is Clc1nccc2ccn(CC3CC3)c12.[H-].[Na+]. The summed E-state index contributed by atoms with van der Waals surface area (Å²) in [5.74, 6) is 0.863. The van der Waals surface area contributed by atoms with Crippen LogP contribution < -0.4 is 29.6 Å². The van der Waals surface area contributed by atoms with Gasteiger partial charge < -0.3 is 5.99 Å². The van der Waals surface area contributed by atoms with Gasteiger partial charge in [-0.05, 0) is 30.9 Å². The van der Waals surface area contributed by atoms with E-state index in [1.807, 2.05) is 6.07 Å². The van der Waals surface area contributed by atoms with Gasteiger partial charge in [0.25, 0.3) is 0 Å². The minimum atomic E-state index is 0. The summed E-state index contributed by atoms with van der Waals surface area (Å²) in [5.41, 5.74) is 1.08. The van der Waals surface area contributed by atoms with Crippen molar-refractivity contribution in [3.8, 4) is 0 Å². The van der Waals surface area contributed by atoms with E-state index in [2.05, 4.69) is 21.8 Å². The van der Waals surface area contributed by atoms with Gasteiger partial charge in [0.15, 0.2) is 5.15 Å². The fraction of sp³-hybridized carbons (Fsp3) is 0.364. The van der Waals surface area contributed by atoms with Gasteiger partial charge in [0.2, 0.25) is 0 Å². The molecule has 0 N–H and O–H groups in total. The van der Waals surface area contributed by atoms with E-state index in [0.717, 1.165) is 18.0 Å². The summed E-state index contributed by atoms with van der Waals surface area (Å²) in [6, 6.07) is 4.11. The van der Waals surface area contributed by atoms with Crippen LogP contribution >= 0.6 is 11.6 Å². The summed E-state index contributed by atoms with van der Waals surface area (Å²) in [5, 5.41) is 1.80. The van der Waals surface area contributed by atoms with Crippen LogP contribution in [-0.4, -0.2) is 9.55 Å². The number of pyridine rings is 1. The van der Waals surface area contributed by atoms with Gasteiger partial charge in [-0.25, -0.2) is 4.98 Å². The first-order valence-electron chi connectivity index (χ1n) is 4.94. The summed E-state index contributed by atoms with van der Waals surface area (Å²) in [4.78, 5) is 4.11. The first-order chi connectivity index (χ1) is 6.84. The molecular weight excluding hydrogens is 219 g/mol. The molecule has 0 aliphatic heterocycles. The standard InChI is InChI=1S/C11H11ClN2.Na.H/c12-11-10-9(3-5-13-11)4-6-14(10)7-8-1-2-8;;/h3-6,8H,1-2,7H2;;/q;+1;-1.